The molecule has 0 aliphatic rings. The van der Waals surface area contributed by atoms with Gasteiger partial charge in [0.05, 0.1) is 5.02 Å². The maximum absolute atomic E-state index is 13.1. The van der Waals surface area contributed by atoms with E-state index >= 15 is 0 Å². The fourth-order valence-corrected chi connectivity index (χ4v) is 1.97. The number of hydrogen-bond acceptors (Lipinski definition) is 3. The third kappa shape index (κ3) is 4.99. The molecule has 0 bridgehead atoms. The number of nitrogens with one attached hydrogen (secondary N) is 1. The molecule has 1 N–H and O–H groups in total. The first-order valence-corrected chi connectivity index (χ1v) is 7.21. The topological polar surface area (TPSA) is 34.1 Å². The molecule has 1 aromatic heterocycles. The lowest BCUT2D eigenvalue weighted by Crippen LogP contribution is -2.19. The molecule has 0 spiro atoms. The number of ether oxygens (including phenoxy) is 1. The maximum Gasteiger partial charge on any atom is 0.219 e. The second-order valence-electron chi connectivity index (χ2n) is 5.20. The molecule has 0 saturated carbocycles. The summed E-state index contributed by atoms with van der Waals surface area (Å²) in [5.41, 5.74) is 0.902. The molecule has 0 aliphatic heterocycles. The zero-order chi connectivity index (χ0) is 15.2. The zero-order valence-electron chi connectivity index (χ0n) is 12.1. The molecule has 2 rings (SSSR count). The first kappa shape index (κ1) is 15.7. The SMILES string of the molecule is CC(C)CNCc1cc(Oc2cccc(F)c2)ncc1Cl. The van der Waals surface area contributed by atoms with Gasteiger partial charge in [-0.2, -0.15) is 0 Å². The summed E-state index contributed by atoms with van der Waals surface area (Å²) in [5.74, 6) is 1.02. The quantitative estimate of drug-likeness (QED) is 0.858. The van der Waals surface area contributed by atoms with E-state index in [0.717, 1.165) is 12.1 Å². The second kappa shape index (κ2) is 7.38. The third-order valence-electron chi connectivity index (χ3n) is 2.80. The zero-order valence-corrected chi connectivity index (χ0v) is 12.8. The van der Waals surface area contributed by atoms with Crippen molar-refractivity contribution >= 4 is 11.6 Å². The van der Waals surface area contributed by atoms with Crippen LogP contribution in [0, 0.1) is 11.7 Å². The van der Waals surface area contributed by atoms with Crippen LogP contribution < -0.4 is 10.1 Å². The summed E-state index contributed by atoms with van der Waals surface area (Å²) in [5, 5.41) is 3.90. The molecule has 3 nitrogen and oxygen atoms in total. The fourth-order valence-electron chi connectivity index (χ4n) is 1.80. The Morgan fingerprint density at radius 3 is 2.86 bits per heavy atom. The van der Waals surface area contributed by atoms with Gasteiger partial charge in [0.15, 0.2) is 0 Å². The van der Waals surface area contributed by atoms with Crippen LogP contribution >= 0.6 is 11.6 Å². The molecule has 0 radical (unpaired) electrons. The van der Waals surface area contributed by atoms with Crippen LogP contribution in [0.2, 0.25) is 5.02 Å². The van der Waals surface area contributed by atoms with Gasteiger partial charge in [0.2, 0.25) is 5.88 Å². The van der Waals surface area contributed by atoms with Crippen molar-refractivity contribution in [2.75, 3.05) is 6.54 Å². The minimum atomic E-state index is -0.347. The first-order chi connectivity index (χ1) is 10.0. The van der Waals surface area contributed by atoms with E-state index in [0.29, 0.717) is 29.1 Å². The Morgan fingerprint density at radius 2 is 2.14 bits per heavy atom. The van der Waals surface area contributed by atoms with E-state index in [1.54, 1.807) is 24.4 Å². The van der Waals surface area contributed by atoms with E-state index in [1.807, 2.05) is 0 Å². The van der Waals surface area contributed by atoms with E-state index in [9.17, 15) is 4.39 Å². The van der Waals surface area contributed by atoms with Crippen LogP contribution in [0.1, 0.15) is 19.4 Å². The van der Waals surface area contributed by atoms with Crippen molar-refractivity contribution in [1.29, 1.82) is 0 Å². The molecule has 21 heavy (non-hydrogen) atoms. The molecule has 0 unspecified atom stereocenters. The van der Waals surface area contributed by atoms with Crippen molar-refractivity contribution in [2.45, 2.75) is 20.4 Å². The number of benzene rings is 1. The average molecular weight is 309 g/mol. The molecule has 2 aromatic rings. The number of aromatic nitrogens is 1. The van der Waals surface area contributed by atoms with Crippen LogP contribution in [0.4, 0.5) is 4.39 Å². The Labute approximate surface area is 129 Å². The van der Waals surface area contributed by atoms with Gasteiger partial charge < -0.3 is 10.1 Å². The number of hydrogen-bond donors (Lipinski definition) is 1. The Kier molecular flexibility index (Phi) is 5.53. The Hall–Kier alpha value is -1.65. The smallest absolute Gasteiger partial charge is 0.219 e. The first-order valence-electron chi connectivity index (χ1n) is 6.83. The third-order valence-corrected chi connectivity index (χ3v) is 3.14. The van der Waals surface area contributed by atoms with Crippen LogP contribution in [0.25, 0.3) is 0 Å². The van der Waals surface area contributed by atoms with Crippen molar-refractivity contribution in [1.82, 2.24) is 10.3 Å². The van der Waals surface area contributed by atoms with Gasteiger partial charge in [-0.3, -0.25) is 0 Å². The van der Waals surface area contributed by atoms with Gasteiger partial charge in [-0.1, -0.05) is 31.5 Å². The molecule has 1 aromatic carbocycles. The lowest BCUT2D eigenvalue weighted by molar-refractivity contribution is 0.456. The summed E-state index contributed by atoms with van der Waals surface area (Å²) in [7, 11) is 0. The predicted molar refractivity (Wildman–Crippen MR) is 82.3 cm³/mol. The Bertz CT molecular complexity index is 605. The molecule has 112 valence electrons. The molecular formula is C16H18ClFN2O. The highest BCUT2D eigenvalue weighted by atomic mass is 35.5. The highest BCUT2D eigenvalue weighted by molar-refractivity contribution is 6.31. The number of pyridine rings is 1. The Morgan fingerprint density at radius 1 is 1.33 bits per heavy atom. The van der Waals surface area contributed by atoms with Crippen molar-refractivity contribution < 1.29 is 9.13 Å². The van der Waals surface area contributed by atoms with Crippen LogP contribution in [0.3, 0.4) is 0 Å². The molecule has 5 heteroatoms. The predicted octanol–water partition coefficient (Wildman–Crippen LogP) is 4.41. The van der Waals surface area contributed by atoms with E-state index in [1.165, 1.54) is 12.1 Å². The molecule has 0 fully saturated rings. The molecule has 0 saturated heterocycles. The van der Waals surface area contributed by atoms with Crippen molar-refractivity contribution in [2.24, 2.45) is 5.92 Å². The summed E-state index contributed by atoms with van der Waals surface area (Å²) in [4.78, 5) is 4.10. The monoisotopic (exact) mass is 308 g/mol. The van der Waals surface area contributed by atoms with E-state index in [-0.39, 0.29) is 5.82 Å². The van der Waals surface area contributed by atoms with Crippen molar-refractivity contribution in [3.05, 3.63) is 52.9 Å². The average Bonchev–Trinajstić information content (AvgIpc) is 2.42. The fraction of sp³-hybridized carbons (Fsp3) is 0.312. The van der Waals surface area contributed by atoms with Gasteiger partial charge in [-0.05, 0) is 30.2 Å². The standard InChI is InChI=1S/C16H18ClFN2O/c1-11(2)8-19-9-12-6-16(20-10-15(12)17)21-14-5-3-4-13(18)7-14/h3-7,10-11,19H,8-9H2,1-2H3. The minimum Gasteiger partial charge on any atom is -0.439 e. The molecular weight excluding hydrogens is 291 g/mol. The molecule has 0 aliphatic carbocycles. The molecule has 0 atom stereocenters. The van der Waals surface area contributed by atoms with Gasteiger partial charge in [0.1, 0.15) is 11.6 Å². The summed E-state index contributed by atoms with van der Waals surface area (Å²) in [6.07, 6.45) is 1.54. The van der Waals surface area contributed by atoms with Crippen LogP contribution in [0.5, 0.6) is 11.6 Å². The van der Waals surface area contributed by atoms with E-state index in [2.05, 4.69) is 24.1 Å². The van der Waals surface area contributed by atoms with Gasteiger partial charge in [0.25, 0.3) is 0 Å². The van der Waals surface area contributed by atoms with Crippen molar-refractivity contribution in [3.8, 4) is 11.6 Å². The Balaban J connectivity index is 2.07. The second-order valence-corrected chi connectivity index (χ2v) is 5.61. The van der Waals surface area contributed by atoms with E-state index in [4.69, 9.17) is 16.3 Å². The molecule has 1 heterocycles. The van der Waals surface area contributed by atoms with Crippen LogP contribution in [-0.4, -0.2) is 11.5 Å². The summed E-state index contributed by atoms with van der Waals surface area (Å²) < 4.78 is 18.7. The van der Waals surface area contributed by atoms with Crippen LogP contribution in [0.15, 0.2) is 36.5 Å². The number of rotatable bonds is 6. The van der Waals surface area contributed by atoms with Crippen LogP contribution in [-0.2, 0) is 6.54 Å². The van der Waals surface area contributed by atoms with E-state index < -0.39 is 0 Å². The highest BCUT2D eigenvalue weighted by Gasteiger charge is 2.06. The highest BCUT2D eigenvalue weighted by Crippen LogP contribution is 2.24. The maximum atomic E-state index is 13.1. The van der Waals surface area contributed by atoms with Gasteiger partial charge in [-0.25, -0.2) is 9.37 Å². The van der Waals surface area contributed by atoms with Crippen molar-refractivity contribution in [3.63, 3.8) is 0 Å². The number of halogens is 2. The van der Waals surface area contributed by atoms with Gasteiger partial charge >= 0.3 is 0 Å². The largest absolute Gasteiger partial charge is 0.439 e. The normalized spacial score (nSPS) is 10.9. The lowest BCUT2D eigenvalue weighted by atomic mass is 10.2. The lowest BCUT2D eigenvalue weighted by Gasteiger charge is -2.10. The van der Waals surface area contributed by atoms with Gasteiger partial charge in [0, 0.05) is 24.9 Å². The summed E-state index contributed by atoms with van der Waals surface area (Å²) >= 11 is 6.12. The molecule has 0 amide bonds. The van der Waals surface area contributed by atoms with Gasteiger partial charge in [-0.15, -0.1) is 0 Å². The summed E-state index contributed by atoms with van der Waals surface area (Å²) in [6, 6.07) is 7.71. The summed E-state index contributed by atoms with van der Waals surface area (Å²) in [6.45, 7) is 5.82. The minimum absolute atomic E-state index is 0.347. The number of nitrogens with zero attached hydrogens (tertiary/aromatic N) is 1.